The number of rotatable bonds is 3. The first kappa shape index (κ1) is 13.4. The molecule has 4 heteroatoms. The summed E-state index contributed by atoms with van der Waals surface area (Å²) in [5.41, 5.74) is 6.79. The monoisotopic (exact) mass is 325 g/mol. The van der Waals surface area contributed by atoms with E-state index in [4.69, 9.17) is 22.1 Å². The van der Waals surface area contributed by atoms with E-state index in [0.29, 0.717) is 10.8 Å². The minimum absolute atomic E-state index is 0.0394. The number of ether oxygens (including phenoxy) is 1. The maximum Gasteiger partial charge on any atom is 0.146 e. The first-order chi connectivity index (χ1) is 8.56. The highest BCUT2D eigenvalue weighted by Gasteiger charge is 2.07. The molecule has 0 aliphatic rings. The number of nitrogens with two attached hydrogens (primary N) is 1. The zero-order valence-corrected chi connectivity index (χ0v) is 12.2. The van der Waals surface area contributed by atoms with E-state index < -0.39 is 0 Å². The van der Waals surface area contributed by atoms with Gasteiger partial charge in [0.05, 0.1) is 5.02 Å². The van der Waals surface area contributed by atoms with E-state index in [0.717, 1.165) is 15.8 Å². The molecule has 0 spiro atoms. The largest absolute Gasteiger partial charge is 0.456 e. The van der Waals surface area contributed by atoms with Crippen molar-refractivity contribution in [3.05, 3.63) is 57.5 Å². The topological polar surface area (TPSA) is 35.2 Å². The van der Waals surface area contributed by atoms with Crippen molar-refractivity contribution < 1.29 is 4.74 Å². The smallest absolute Gasteiger partial charge is 0.146 e. The Bertz CT molecular complexity index is 557. The third-order valence-electron chi connectivity index (χ3n) is 2.51. The number of halogens is 2. The molecule has 0 aromatic heterocycles. The van der Waals surface area contributed by atoms with E-state index in [1.54, 1.807) is 0 Å². The van der Waals surface area contributed by atoms with Gasteiger partial charge in [-0.15, -0.1) is 0 Å². The van der Waals surface area contributed by atoms with Gasteiger partial charge in [-0.3, -0.25) is 0 Å². The molecule has 2 aromatic carbocycles. The van der Waals surface area contributed by atoms with Gasteiger partial charge in [0, 0.05) is 10.5 Å². The number of hydrogen-bond donors (Lipinski definition) is 1. The summed E-state index contributed by atoms with van der Waals surface area (Å²) in [6.07, 6.45) is 0. The van der Waals surface area contributed by atoms with Gasteiger partial charge in [0.15, 0.2) is 0 Å². The lowest BCUT2D eigenvalue weighted by molar-refractivity contribution is 0.482. The van der Waals surface area contributed by atoms with Crippen molar-refractivity contribution >= 4 is 27.5 Å². The third kappa shape index (κ3) is 3.25. The second-order valence-electron chi connectivity index (χ2n) is 4.04. The van der Waals surface area contributed by atoms with Crippen LogP contribution in [0.25, 0.3) is 0 Å². The Morgan fingerprint density at radius 2 is 2.00 bits per heavy atom. The van der Waals surface area contributed by atoms with Crippen LogP contribution in [0.4, 0.5) is 0 Å². The van der Waals surface area contributed by atoms with Crippen LogP contribution >= 0.6 is 27.5 Å². The van der Waals surface area contributed by atoms with Crippen LogP contribution in [0.1, 0.15) is 18.5 Å². The lowest BCUT2D eigenvalue weighted by Gasteiger charge is -2.11. The summed E-state index contributed by atoms with van der Waals surface area (Å²) < 4.78 is 6.68. The van der Waals surface area contributed by atoms with Crippen molar-refractivity contribution in [3.63, 3.8) is 0 Å². The summed E-state index contributed by atoms with van der Waals surface area (Å²) in [7, 11) is 0. The zero-order valence-electron chi connectivity index (χ0n) is 9.86. The molecule has 0 aliphatic heterocycles. The first-order valence-corrected chi connectivity index (χ1v) is 6.72. The molecule has 1 atom stereocenters. The molecule has 0 heterocycles. The second kappa shape index (κ2) is 5.74. The van der Waals surface area contributed by atoms with Crippen LogP contribution in [-0.4, -0.2) is 0 Å². The van der Waals surface area contributed by atoms with Crippen LogP contribution in [0, 0.1) is 0 Å². The molecule has 0 aliphatic carbocycles. The molecule has 2 aromatic rings. The predicted molar refractivity (Wildman–Crippen MR) is 78.3 cm³/mol. The van der Waals surface area contributed by atoms with Crippen LogP contribution in [0.5, 0.6) is 11.5 Å². The van der Waals surface area contributed by atoms with Gasteiger partial charge in [0.1, 0.15) is 11.5 Å². The molecule has 0 bridgehead atoms. The Morgan fingerprint density at radius 1 is 1.22 bits per heavy atom. The van der Waals surface area contributed by atoms with Gasteiger partial charge in [-0.05, 0) is 42.8 Å². The van der Waals surface area contributed by atoms with Crippen molar-refractivity contribution in [2.75, 3.05) is 0 Å². The summed E-state index contributed by atoms with van der Waals surface area (Å²) in [5.74, 6) is 1.36. The Kier molecular flexibility index (Phi) is 4.27. The van der Waals surface area contributed by atoms with E-state index in [9.17, 15) is 0 Å². The molecular weight excluding hydrogens is 314 g/mol. The fourth-order valence-corrected chi connectivity index (χ4v) is 2.15. The normalized spacial score (nSPS) is 12.2. The third-order valence-corrected chi connectivity index (χ3v) is 3.29. The molecule has 2 nitrogen and oxygen atoms in total. The zero-order chi connectivity index (χ0) is 13.1. The standard InChI is InChI=1S/C14H13BrClNO/c1-9(17)10-5-6-14(13(16)7-10)18-12-4-2-3-11(15)8-12/h2-9H,17H2,1H3/t9-/m0/s1. The fraction of sp³-hybridized carbons (Fsp3) is 0.143. The van der Waals surface area contributed by atoms with Crippen molar-refractivity contribution in [1.29, 1.82) is 0 Å². The highest BCUT2D eigenvalue weighted by molar-refractivity contribution is 9.10. The van der Waals surface area contributed by atoms with Gasteiger partial charge in [-0.25, -0.2) is 0 Å². The van der Waals surface area contributed by atoms with Gasteiger partial charge in [0.2, 0.25) is 0 Å². The van der Waals surface area contributed by atoms with Crippen LogP contribution in [-0.2, 0) is 0 Å². The summed E-state index contributed by atoms with van der Waals surface area (Å²) in [6.45, 7) is 1.92. The van der Waals surface area contributed by atoms with Gasteiger partial charge in [-0.1, -0.05) is 39.7 Å². The van der Waals surface area contributed by atoms with Crippen LogP contribution < -0.4 is 10.5 Å². The van der Waals surface area contributed by atoms with E-state index >= 15 is 0 Å². The summed E-state index contributed by atoms with van der Waals surface area (Å²) in [6, 6.07) is 13.2. The summed E-state index contributed by atoms with van der Waals surface area (Å²) in [5, 5.41) is 0.560. The molecule has 0 amide bonds. The van der Waals surface area contributed by atoms with Crippen LogP contribution in [0.3, 0.4) is 0 Å². The SMILES string of the molecule is C[C@H](N)c1ccc(Oc2cccc(Br)c2)c(Cl)c1. The summed E-state index contributed by atoms with van der Waals surface area (Å²) >= 11 is 9.57. The highest BCUT2D eigenvalue weighted by atomic mass is 79.9. The average Bonchev–Trinajstić information content (AvgIpc) is 2.31. The molecule has 0 saturated carbocycles. The van der Waals surface area contributed by atoms with Crippen molar-refractivity contribution in [1.82, 2.24) is 0 Å². The lowest BCUT2D eigenvalue weighted by Crippen LogP contribution is -2.04. The lowest BCUT2D eigenvalue weighted by atomic mass is 10.1. The molecule has 0 fully saturated rings. The quantitative estimate of drug-likeness (QED) is 0.869. The van der Waals surface area contributed by atoms with E-state index in [1.807, 2.05) is 49.4 Å². The Hall–Kier alpha value is -1.03. The number of hydrogen-bond acceptors (Lipinski definition) is 2. The van der Waals surface area contributed by atoms with Gasteiger partial charge >= 0.3 is 0 Å². The van der Waals surface area contributed by atoms with Gasteiger partial charge < -0.3 is 10.5 Å². The Labute approximate surface area is 120 Å². The summed E-state index contributed by atoms with van der Waals surface area (Å²) in [4.78, 5) is 0. The second-order valence-corrected chi connectivity index (χ2v) is 5.36. The van der Waals surface area contributed by atoms with Crippen molar-refractivity contribution in [2.24, 2.45) is 5.73 Å². The molecule has 94 valence electrons. The minimum Gasteiger partial charge on any atom is -0.456 e. The average molecular weight is 327 g/mol. The van der Waals surface area contributed by atoms with Crippen molar-refractivity contribution in [2.45, 2.75) is 13.0 Å². The Morgan fingerprint density at radius 3 is 2.61 bits per heavy atom. The molecule has 0 radical (unpaired) electrons. The number of benzene rings is 2. The Balaban J connectivity index is 2.24. The molecule has 0 saturated heterocycles. The molecule has 18 heavy (non-hydrogen) atoms. The van der Waals surface area contributed by atoms with Crippen LogP contribution in [0.15, 0.2) is 46.9 Å². The fourth-order valence-electron chi connectivity index (χ4n) is 1.54. The van der Waals surface area contributed by atoms with Crippen molar-refractivity contribution in [3.8, 4) is 11.5 Å². The van der Waals surface area contributed by atoms with Gasteiger partial charge in [0.25, 0.3) is 0 Å². The van der Waals surface area contributed by atoms with Crippen LogP contribution in [0.2, 0.25) is 5.02 Å². The van der Waals surface area contributed by atoms with E-state index in [1.165, 1.54) is 0 Å². The van der Waals surface area contributed by atoms with Gasteiger partial charge in [-0.2, -0.15) is 0 Å². The molecular formula is C14H13BrClNO. The van der Waals surface area contributed by atoms with E-state index in [2.05, 4.69) is 15.9 Å². The minimum atomic E-state index is -0.0394. The predicted octanol–water partition coefficient (Wildman–Crippen LogP) is 4.91. The molecule has 2 rings (SSSR count). The molecule has 2 N–H and O–H groups in total. The first-order valence-electron chi connectivity index (χ1n) is 5.54. The van der Waals surface area contributed by atoms with E-state index in [-0.39, 0.29) is 6.04 Å². The molecule has 0 unspecified atom stereocenters. The maximum absolute atomic E-state index is 6.17. The maximum atomic E-state index is 6.17. The highest BCUT2D eigenvalue weighted by Crippen LogP contribution is 2.32.